The zero-order valence-corrected chi connectivity index (χ0v) is 10.5. The van der Waals surface area contributed by atoms with Crippen LogP contribution in [-0.2, 0) is 12.0 Å². The summed E-state index contributed by atoms with van der Waals surface area (Å²) in [6, 6.07) is 2.40. The van der Waals surface area contributed by atoms with Crippen LogP contribution in [0.5, 0.6) is 0 Å². The summed E-state index contributed by atoms with van der Waals surface area (Å²) in [6.45, 7) is 1.21. The molecule has 16 heavy (non-hydrogen) atoms. The Labute approximate surface area is 101 Å². The quantitative estimate of drug-likeness (QED) is 0.725. The van der Waals surface area contributed by atoms with Gasteiger partial charge in [-0.05, 0) is 48.1 Å². The van der Waals surface area contributed by atoms with E-state index in [-0.39, 0.29) is 0 Å². The van der Waals surface area contributed by atoms with E-state index in [1.54, 1.807) is 10.4 Å². The summed E-state index contributed by atoms with van der Waals surface area (Å²) in [5.41, 5.74) is 2.09. The van der Waals surface area contributed by atoms with Gasteiger partial charge in [0.25, 0.3) is 0 Å². The van der Waals surface area contributed by atoms with Crippen molar-refractivity contribution in [3.8, 4) is 0 Å². The number of rotatable bonds is 0. The molecule has 1 N–H and O–H groups in total. The van der Waals surface area contributed by atoms with Gasteiger partial charge in [-0.3, -0.25) is 0 Å². The molecular weight excluding hydrogens is 214 g/mol. The maximum atomic E-state index is 3.88. The molecule has 1 aromatic rings. The minimum absolute atomic E-state index is 0.415. The molecule has 86 valence electrons. The minimum atomic E-state index is 0.415. The van der Waals surface area contributed by atoms with Gasteiger partial charge in [0.05, 0.1) is 0 Å². The van der Waals surface area contributed by atoms with E-state index in [1.165, 1.54) is 45.1 Å². The normalized spacial score (nSPS) is 41.2. The van der Waals surface area contributed by atoms with E-state index in [0.717, 1.165) is 11.8 Å². The summed E-state index contributed by atoms with van der Waals surface area (Å²) >= 11 is 1.98. The van der Waals surface area contributed by atoms with Crippen LogP contribution in [0.1, 0.15) is 42.5 Å². The molecule has 1 unspecified atom stereocenters. The lowest BCUT2D eigenvalue weighted by Crippen LogP contribution is -2.63. The average molecular weight is 233 g/mol. The molecule has 3 aliphatic rings. The van der Waals surface area contributed by atoms with Gasteiger partial charge in [-0.2, -0.15) is 0 Å². The second-order valence-electron chi connectivity index (χ2n) is 5.76. The summed E-state index contributed by atoms with van der Waals surface area (Å²) in [4.78, 5) is 1.67. The highest BCUT2D eigenvalue weighted by Crippen LogP contribution is 2.58. The second-order valence-corrected chi connectivity index (χ2v) is 6.76. The first-order valence-electron chi connectivity index (χ1n) is 6.72. The molecule has 2 aliphatic carbocycles. The van der Waals surface area contributed by atoms with Gasteiger partial charge in [-0.25, -0.2) is 0 Å². The summed E-state index contributed by atoms with van der Waals surface area (Å²) in [7, 11) is 0. The number of nitrogens with one attached hydrogen (secondary N) is 1. The number of hydrogen-bond acceptors (Lipinski definition) is 2. The maximum Gasteiger partial charge on any atom is 0.0479 e. The van der Waals surface area contributed by atoms with Gasteiger partial charge >= 0.3 is 0 Å². The molecule has 0 aromatic carbocycles. The third-order valence-corrected chi connectivity index (χ3v) is 6.13. The van der Waals surface area contributed by atoms with E-state index in [1.807, 2.05) is 11.3 Å². The van der Waals surface area contributed by atoms with Crippen LogP contribution in [0.2, 0.25) is 0 Å². The smallest absolute Gasteiger partial charge is 0.0479 e. The summed E-state index contributed by atoms with van der Waals surface area (Å²) < 4.78 is 0. The molecule has 4 rings (SSSR count). The predicted octanol–water partition coefficient (Wildman–Crippen LogP) is 3.30. The fraction of sp³-hybridized carbons (Fsp3) is 0.714. The van der Waals surface area contributed by atoms with Crippen molar-refractivity contribution in [2.24, 2.45) is 11.8 Å². The van der Waals surface area contributed by atoms with Crippen molar-refractivity contribution in [1.29, 1.82) is 0 Å². The second kappa shape index (κ2) is 3.33. The molecule has 2 heterocycles. The molecule has 2 saturated carbocycles. The van der Waals surface area contributed by atoms with Gasteiger partial charge in [0.15, 0.2) is 0 Å². The van der Waals surface area contributed by atoms with E-state index in [4.69, 9.17) is 0 Å². The van der Waals surface area contributed by atoms with Crippen LogP contribution < -0.4 is 5.32 Å². The number of fused-ring (bicyclic) bond motifs is 4. The van der Waals surface area contributed by atoms with Crippen LogP contribution in [-0.4, -0.2) is 6.54 Å². The molecule has 0 saturated heterocycles. The van der Waals surface area contributed by atoms with Gasteiger partial charge in [-0.1, -0.05) is 19.3 Å². The monoisotopic (exact) mass is 233 g/mol. The van der Waals surface area contributed by atoms with Crippen molar-refractivity contribution in [2.45, 2.75) is 44.1 Å². The Hall–Kier alpha value is -0.340. The molecule has 3 atom stereocenters. The summed E-state index contributed by atoms with van der Waals surface area (Å²) in [6.07, 6.45) is 8.58. The van der Waals surface area contributed by atoms with E-state index >= 15 is 0 Å². The van der Waals surface area contributed by atoms with E-state index in [0.29, 0.717) is 5.54 Å². The number of hydrogen-bond donors (Lipinski definition) is 1. The van der Waals surface area contributed by atoms with Crippen molar-refractivity contribution >= 4 is 11.3 Å². The summed E-state index contributed by atoms with van der Waals surface area (Å²) in [5.74, 6) is 1.99. The van der Waals surface area contributed by atoms with Crippen molar-refractivity contribution in [3.05, 3.63) is 21.9 Å². The molecule has 0 bridgehead atoms. The van der Waals surface area contributed by atoms with E-state index in [2.05, 4.69) is 16.8 Å². The molecule has 0 amide bonds. The third-order valence-electron chi connectivity index (χ3n) is 5.14. The van der Waals surface area contributed by atoms with Gasteiger partial charge in [0, 0.05) is 17.0 Å². The lowest BCUT2D eigenvalue weighted by Gasteiger charge is -2.59. The Morgan fingerprint density at radius 1 is 1.31 bits per heavy atom. The zero-order valence-electron chi connectivity index (χ0n) is 9.67. The van der Waals surface area contributed by atoms with Crippen molar-refractivity contribution < 1.29 is 0 Å². The lowest BCUT2D eigenvalue weighted by molar-refractivity contribution is -0.0341. The highest BCUT2D eigenvalue weighted by Gasteiger charge is 2.56. The molecule has 2 fully saturated rings. The van der Waals surface area contributed by atoms with Crippen LogP contribution in [0.4, 0.5) is 0 Å². The van der Waals surface area contributed by atoms with Crippen molar-refractivity contribution in [2.75, 3.05) is 6.54 Å². The highest BCUT2D eigenvalue weighted by atomic mass is 32.1. The summed E-state index contributed by atoms with van der Waals surface area (Å²) in [5, 5.41) is 6.18. The van der Waals surface area contributed by atoms with Crippen LogP contribution in [0, 0.1) is 11.8 Å². The van der Waals surface area contributed by atoms with Crippen molar-refractivity contribution in [1.82, 2.24) is 5.32 Å². The molecule has 0 radical (unpaired) electrons. The van der Waals surface area contributed by atoms with Gasteiger partial charge in [-0.15, -0.1) is 11.3 Å². The molecule has 1 aromatic heterocycles. The predicted molar refractivity (Wildman–Crippen MR) is 67.8 cm³/mol. The van der Waals surface area contributed by atoms with Gasteiger partial charge in [0.1, 0.15) is 0 Å². The molecule has 1 nitrogen and oxygen atoms in total. The zero-order chi connectivity index (χ0) is 10.6. The van der Waals surface area contributed by atoms with Crippen LogP contribution in [0.25, 0.3) is 0 Å². The first-order chi connectivity index (χ1) is 7.90. The van der Waals surface area contributed by atoms with Crippen molar-refractivity contribution in [3.63, 3.8) is 0 Å². The fourth-order valence-corrected chi connectivity index (χ4v) is 5.41. The Bertz CT molecular complexity index is 411. The standard InChI is InChI=1S/C14H19NS/c1-2-4-11-10(3-1)9-14(11)12-6-8-16-13(12)5-7-15-14/h6,8,10-11,15H,1-5,7,9H2/t10-,11-,14?/m1/s1. The topological polar surface area (TPSA) is 12.0 Å². The first-order valence-corrected chi connectivity index (χ1v) is 7.60. The van der Waals surface area contributed by atoms with Crippen LogP contribution in [0.15, 0.2) is 11.4 Å². The largest absolute Gasteiger partial charge is 0.307 e. The average Bonchev–Trinajstić information content (AvgIpc) is 2.76. The first kappa shape index (κ1) is 9.67. The molecule has 1 spiro atoms. The van der Waals surface area contributed by atoms with Crippen LogP contribution >= 0.6 is 11.3 Å². The highest BCUT2D eigenvalue weighted by molar-refractivity contribution is 7.10. The molecule has 2 heteroatoms. The SMILES string of the molecule is c1cc2c(s1)CCNC21C[C@H]2CCCC[C@H]21. The Morgan fingerprint density at radius 3 is 3.19 bits per heavy atom. The molecular formula is C14H19NS. The third kappa shape index (κ3) is 1.10. The lowest BCUT2D eigenvalue weighted by atomic mass is 9.51. The minimum Gasteiger partial charge on any atom is -0.307 e. The maximum absolute atomic E-state index is 3.88. The Balaban J connectivity index is 1.74. The fourth-order valence-electron chi connectivity index (χ4n) is 4.44. The van der Waals surface area contributed by atoms with Gasteiger partial charge < -0.3 is 5.32 Å². The van der Waals surface area contributed by atoms with E-state index in [9.17, 15) is 0 Å². The van der Waals surface area contributed by atoms with Crippen LogP contribution in [0.3, 0.4) is 0 Å². The molecule has 1 aliphatic heterocycles. The number of thiophene rings is 1. The Kier molecular flexibility index (Phi) is 2.01. The van der Waals surface area contributed by atoms with E-state index < -0.39 is 0 Å². The van der Waals surface area contributed by atoms with Gasteiger partial charge in [0.2, 0.25) is 0 Å². The Morgan fingerprint density at radius 2 is 2.25 bits per heavy atom.